The maximum atomic E-state index is 12.4. The van der Waals surface area contributed by atoms with Crippen LogP contribution < -0.4 is 4.72 Å². The first-order valence-electron chi connectivity index (χ1n) is 8.40. The van der Waals surface area contributed by atoms with E-state index in [-0.39, 0.29) is 28.8 Å². The van der Waals surface area contributed by atoms with Crippen molar-refractivity contribution in [2.75, 3.05) is 19.6 Å². The average molecular weight is 377 g/mol. The van der Waals surface area contributed by atoms with Crippen molar-refractivity contribution in [3.8, 4) is 0 Å². The monoisotopic (exact) mass is 377 g/mol. The van der Waals surface area contributed by atoms with Gasteiger partial charge in [0.25, 0.3) is 0 Å². The van der Waals surface area contributed by atoms with Crippen LogP contribution in [0.3, 0.4) is 0 Å². The normalized spacial score (nSPS) is 15.7. The predicted molar refractivity (Wildman–Crippen MR) is 96.0 cm³/mol. The van der Waals surface area contributed by atoms with Crippen LogP contribution in [-0.4, -0.2) is 53.9 Å². The minimum atomic E-state index is -3.72. The van der Waals surface area contributed by atoms with Crippen LogP contribution in [0.2, 0.25) is 0 Å². The Bertz CT molecular complexity index is 864. The summed E-state index contributed by atoms with van der Waals surface area (Å²) in [7, 11) is -3.72. The minimum Gasteiger partial charge on any atom is -0.337 e. The summed E-state index contributed by atoms with van der Waals surface area (Å²) >= 11 is 0. The van der Waals surface area contributed by atoms with Crippen molar-refractivity contribution in [1.82, 2.24) is 24.6 Å². The van der Waals surface area contributed by atoms with Crippen LogP contribution in [0.25, 0.3) is 0 Å². The summed E-state index contributed by atoms with van der Waals surface area (Å²) in [5.41, 5.74) is 0.997. The topological polar surface area (TPSA) is 97.2 Å². The number of aromatic nitrogens is 3. The van der Waals surface area contributed by atoms with Gasteiger partial charge in [-0.2, -0.15) is 0 Å². The van der Waals surface area contributed by atoms with Crippen molar-refractivity contribution in [3.63, 3.8) is 0 Å². The van der Waals surface area contributed by atoms with Crippen LogP contribution in [0.4, 0.5) is 0 Å². The van der Waals surface area contributed by atoms with E-state index in [1.54, 1.807) is 46.2 Å². The predicted octanol–water partition coefficient (Wildman–Crippen LogP) is 0.937. The molecule has 26 heavy (non-hydrogen) atoms. The van der Waals surface area contributed by atoms with Gasteiger partial charge in [0.2, 0.25) is 15.9 Å². The van der Waals surface area contributed by atoms with Gasteiger partial charge in [0.05, 0.1) is 23.7 Å². The fourth-order valence-electron chi connectivity index (χ4n) is 2.72. The number of rotatable bonds is 5. The highest BCUT2D eigenvalue weighted by Gasteiger charge is 2.32. The third-order valence-corrected chi connectivity index (χ3v) is 5.89. The fourth-order valence-corrected chi connectivity index (χ4v) is 3.70. The summed E-state index contributed by atoms with van der Waals surface area (Å²) < 4.78 is 28.8. The molecule has 1 saturated heterocycles. The molecule has 3 rings (SSSR count). The minimum absolute atomic E-state index is 0.0518. The second-order valence-corrected chi connectivity index (χ2v) is 9.20. The Morgan fingerprint density at radius 2 is 1.88 bits per heavy atom. The van der Waals surface area contributed by atoms with Gasteiger partial charge in [0, 0.05) is 19.3 Å². The number of likely N-dealkylation sites (tertiary alicyclic amines) is 1. The van der Waals surface area contributed by atoms with E-state index in [0.29, 0.717) is 13.1 Å². The third-order valence-electron chi connectivity index (χ3n) is 4.47. The number of nitrogens with one attached hydrogen (secondary N) is 1. The molecule has 0 saturated carbocycles. The average Bonchev–Trinajstić information content (AvgIpc) is 3.05. The molecular weight excluding hydrogens is 354 g/mol. The first-order valence-corrected chi connectivity index (χ1v) is 9.89. The molecule has 1 aliphatic heterocycles. The summed E-state index contributed by atoms with van der Waals surface area (Å²) in [6.07, 6.45) is 3.33. The lowest BCUT2D eigenvalue weighted by Crippen LogP contribution is -2.53. The van der Waals surface area contributed by atoms with E-state index >= 15 is 0 Å². The summed E-state index contributed by atoms with van der Waals surface area (Å²) in [6.45, 7) is 6.94. The second-order valence-electron chi connectivity index (χ2n) is 7.43. The van der Waals surface area contributed by atoms with Crippen molar-refractivity contribution in [1.29, 1.82) is 0 Å². The summed E-state index contributed by atoms with van der Waals surface area (Å²) in [5, 5.41) is 7.63. The standard InChI is InChI=1S/C17H23N5O3S/c1-17(2,3)13-4-6-15(7-5-13)26(24,25)19-10-16(23)21-11-14(12-21)22-9-8-18-20-22/h4-9,14,19H,10-12H2,1-3H3. The van der Waals surface area contributed by atoms with Crippen LogP contribution in [0.1, 0.15) is 32.4 Å². The molecule has 0 spiro atoms. The molecule has 0 aliphatic carbocycles. The number of hydrogen-bond donors (Lipinski definition) is 1. The van der Waals surface area contributed by atoms with Crippen LogP contribution in [0, 0.1) is 0 Å². The first-order chi connectivity index (χ1) is 12.2. The number of nitrogens with zero attached hydrogens (tertiary/aromatic N) is 4. The number of sulfonamides is 1. The highest BCUT2D eigenvalue weighted by Crippen LogP contribution is 2.23. The van der Waals surface area contributed by atoms with Gasteiger partial charge >= 0.3 is 0 Å². The van der Waals surface area contributed by atoms with E-state index in [1.165, 1.54) is 0 Å². The van der Waals surface area contributed by atoms with E-state index < -0.39 is 10.0 Å². The van der Waals surface area contributed by atoms with Crippen molar-refractivity contribution in [3.05, 3.63) is 42.2 Å². The van der Waals surface area contributed by atoms with Gasteiger partial charge in [-0.05, 0) is 23.1 Å². The molecule has 2 aromatic rings. The first kappa shape index (κ1) is 18.5. The quantitative estimate of drug-likeness (QED) is 0.836. The number of amides is 1. The molecule has 8 nitrogen and oxygen atoms in total. The number of hydrogen-bond acceptors (Lipinski definition) is 5. The molecular formula is C17H23N5O3S. The zero-order chi connectivity index (χ0) is 18.9. The van der Waals surface area contributed by atoms with Crippen LogP contribution in [0.5, 0.6) is 0 Å². The van der Waals surface area contributed by atoms with E-state index in [9.17, 15) is 13.2 Å². The molecule has 2 heterocycles. The molecule has 1 amide bonds. The van der Waals surface area contributed by atoms with Crippen molar-refractivity contribution in [2.24, 2.45) is 0 Å². The largest absolute Gasteiger partial charge is 0.337 e. The smallest absolute Gasteiger partial charge is 0.241 e. The Balaban J connectivity index is 1.54. The molecule has 9 heteroatoms. The zero-order valence-electron chi connectivity index (χ0n) is 15.1. The zero-order valence-corrected chi connectivity index (χ0v) is 15.9. The molecule has 0 radical (unpaired) electrons. The van der Waals surface area contributed by atoms with Crippen LogP contribution >= 0.6 is 0 Å². The van der Waals surface area contributed by atoms with Gasteiger partial charge < -0.3 is 4.90 Å². The molecule has 1 aliphatic rings. The van der Waals surface area contributed by atoms with Crippen LogP contribution in [0.15, 0.2) is 41.6 Å². The van der Waals surface area contributed by atoms with E-state index in [1.807, 2.05) is 0 Å². The summed E-state index contributed by atoms with van der Waals surface area (Å²) in [5.74, 6) is -0.253. The van der Waals surface area contributed by atoms with E-state index in [0.717, 1.165) is 5.56 Å². The Morgan fingerprint density at radius 1 is 1.23 bits per heavy atom. The van der Waals surface area contributed by atoms with Crippen LogP contribution in [-0.2, 0) is 20.2 Å². The fraction of sp³-hybridized carbons (Fsp3) is 0.471. The van der Waals surface area contributed by atoms with E-state index in [2.05, 4.69) is 35.8 Å². The lowest BCUT2D eigenvalue weighted by Gasteiger charge is -2.38. The molecule has 0 unspecified atom stereocenters. The highest BCUT2D eigenvalue weighted by atomic mass is 32.2. The Morgan fingerprint density at radius 3 is 2.42 bits per heavy atom. The van der Waals surface area contributed by atoms with Gasteiger partial charge in [-0.15, -0.1) is 5.10 Å². The van der Waals surface area contributed by atoms with Crippen molar-refractivity contribution >= 4 is 15.9 Å². The van der Waals surface area contributed by atoms with Gasteiger partial charge in [0.1, 0.15) is 0 Å². The van der Waals surface area contributed by atoms with Gasteiger partial charge in [-0.1, -0.05) is 38.1 Å². The second kappa shape index (κ2) is 6.81. The van der Waals surface area contributed by atoms with Gasteiger partial charge in [0.15, 0.2) is 0 Å². The third kappa shape index (κ3) is 3.94. The Hall–Kier alpha value is -2.26. The van der Waals surface area contributed by atoms with E-state index in [4.69, 9.17) is 0 Å². The molecule has 0 atom stereocenters. The number of carbonyl (C=O) groups excluding carboxylic acids is 1. The Kier molecular flexibility index (Phi) is 4.85. The molecule has 1 aromatic heterocycles. The van der Waals surface area contributed by atoms with Crippen molar-refractivity contribution < 1.29 is 13.2 Å². The summed E-state index contributed by atoms with van der Waals surface area (Å²) in [6, 6.07) is 6.83. The highest BCUT2D eigenvalue weighted by molar-refractivity contribution is 7.89. The molecule has 1 N–H and O–H groups in total. The maximum Gasteiger partial charge on any atom is 0.241 e. The van der Waals surface area contributed by atoms with Crippen molar-refractivity contribution in [2.45, 2.75) is 37.1 Å². The van der Waals surface area contributed by atoms with Gasteiger partial charge in [-0.25, -0.2) is 17.8 Å². The number of carbonyl (C=O) groups is 1. The molecule has 1 aromatic carbocycles. The molecule has 0 bridgehead atoms. The lowest BCUT2D eigenvalue weighted by molar-refractivity contribution is -0.135. The van der Waals surface area contributed by atoms with Gasteiger partial charge in [-0.3, -0.25) is 4.79 Å². The summed E-state index contributed by atoms with van der Waals surface area (Å²) in [4.78, 5) is 13.9. The lowest BCUT2D eigenvalue weighted by atomic mass is 9.87. The SMILES string of the molecule is CC(C)(C)c1ccc(S(=O)(=O)NCC(=O)N2CC(n3ccnn3)C2)cc1. The Labute approximate surface area is 153 Å². The maximum absolute atomic E-state index is 12.4. The molecule has 1 fully saturated rings. The molecule has 140 valence electrons. The number of benzene rings is 1.